The molecule has 0 bridgehead atoms. The number of hydrogen-bond donors (Lipinski definition) is 2. The minimum atomic E-state index is 0.0652. The van der Waals surface area contributed by atoms with Gasteiger partial charge in [-0.2, -0.15) is 5.10 Å². The van der Waals surface area contributed by atoms with Gasteiger partial charge in [-0.15, -0.1) is 0 Å². The van der Waals surface area contributed by atoms with E-state index in [9.17, 15) is 0 Å². The van der Waals surface area contributed by atoms with E-state index in [0.29, 0.717) is 0 Å². The standard InChI is InChI=1S/C5H10N2O/c1-6-7-4-2-3-5-8/h2-4,6,8H,5H2,1H3/b3-2-,7-4-. The second-order valence-electron chi connectivity index (χ2n) is 1.11. The van der Waals surface area contributed by atoms with E-state index in [1.165, 1.54) is 0 Å². The number of aliphatic hydroxyl groups is 1. The van der Waals surface area contributed by atoms with Crippen molar-refractivity contribution in [3.63, 3.8) is 0 Å². The van der Waals surface area contributed by atoms with E-state index in [1.807, 2.05) is 0 Å². The first-order chi connectivity index (χ1) is 3.91. The molecule has 0 aromatic carbocycles. The summed E-state index contributed by atoms with van der Waals surface area (Å²) in [6, 6.07) is 0. The zero-order chi connectivity index (χ0) is 6.24. The van der Waals surface area contributed by atoms with E-state index in [-0.39, 0.29) is 6.61 Å². The van der Waals surface area contributed by atoms with Gasteiger partial charge in [-0.3, -0.25) is 0 Å². The van der Waals surface area contributed by atoms with Crippen LogP contribution in [0.3, 0.4) is 0 Å². The van der Waals surface area contributed by atoms with Crippen molar-refractivity contribution in [3.05, 3.63) is 12.2 Å². The molecule has 3 heteroatoms. The van der Waals surface area contributed by atoms with Crippen molar-refractivity contribution in [2.24, 2.45) is 5.10 Å². The van der Waals surface area contributed by atoms with Crippen LogP contribution in [0, 0.1) is 0 Å². The summed E-state index contributed by atoms with van der Waals surface area (Å²) in [5, 5.41) is 11.8. The van der Waals surface area contributed by atoms with Gasteiger partial charge in [-0.25, -0.2) is 0 Å². The van der Waals surface area contributed by atoms with Crippen molar-refractivity contribution in [1.82, 2.24) is 5.43 Å². The fraction of sp³-hybridized carbons (Fsp3) is 0.400. The Morgan fingerprint density at radius 3 is 3.00 bits per heavy atom. The highest BCUT2D eigenvalue weighted by atomic mass is 16.2. The number of rotatable bonds is 3. The summed E-state index contributed by atoms with van der Waals surface area (Å²) in [6.07, 6.45) is 4.83. The quantitative estimate of drug-likeness (QED) is 0.392. The highest BCUT2D eigenvalue weighted by Crippen LogP contribution is 1.63. The molecule has 0 aliphatic heterocycles. The third-order valence-electron chi connectivity index (χ3n) is 0.531. The molecule has 0 aliphatic carbocycles. The van der Waals surface area contributed by atoms with E-state index >= 15 is 0 Å². The summed E-state index contributed by atoms with van der Waals surface area (Å²) in [6.45, 7) is 0.0652. The molecule has 0 unspecified atom stereocenters. The molecule has 46 valence electrons. The van der Waals surface area contributed by atoms with Crippen LogP contribution in [0.1, 0.15) is 0 Å². The lowest BCUT2D eigenvalue weighted by Crippen LogP contribution is -1.91. The molecule has 0 radical (unpaired) electrons. The zero-order valence-electron chi connectivity index (χ0n) is 4.83. The maximum absolute atomic E-state index is 8.20. The number of allylic oxidation sites excluding steroid dienone is 1. The molecule has 0 aliphatic rings. The van der Waals surface area contributed by atoms with Crippen molar-refractivity contribution in [1.29, 1.82) is 0 Å². The Morgan fingerprint density at radius 1 is 1.75 bits per heavy atom. The lowest BCUT2D eigenvalue weighted by atomic mass is 10.5. The van der Waals surface area contributed by atoms with E-state index < -0.39 is 0 Å². The van der Waals surface area contributed by atoms with Gasteiger partial charge >= 0.3 is 0 Å². The number of hydrogen-bond acceptors (Lipinski definition) is 3. The van der Waals surface area contributed by atoms with E-state index in [4.69, 9.17) is 5.11 Å². The smallest absolute Gasteiger partial charge is 0.0616 e. The summed E-state index contributed by atoms with van der Waals surface area (Å²) >= 11 is 0. The average molecular weight is 114 g/mol. The van der Waals surface area contributed by atoms with Crippen LogP contribution >= 0.6 is 0 Å². The van der Waals surface area contributed by atoms with E-state index in [0.717, 1.165) is 0 Å². The van der Waals surface area contributed by atoms with Gasteiger partial charge < -0.3 is 10.5 Å². The summed E-state index contributed by atoms with van der Waals surface area (Å²) in [5.74, 6) is 0. The van der Waals surface area contributed by atoms with Crippen LogP contribution in [-0.2, 0) is 0 Å². The SMILES string of the molecule is CN/N=C\C=C/CO. The molecule has 3 nitrogen and oxygen atoms in total. The van der Waals surface area contributed by atoms with Gasteiger partial charge in [0.1, 0.15) is 0 Å². The Labute approximate surface area is 48.7 Å². The van der Waals surface area contributed by atoms with Crippen molar-refractivity contribution < 1.29 is 5.11 Å². The van der Waals surface area contributed by atoms with Crippen molar-refractivity contribution in [2.45, 2.75) is 0 Å². The molecule has 0 amide bonds. The monoisotopic (exact) mass is 114 g/mol. The number of hydrazone groups is 1. The first kappa shape index (κ1) is 7.17. The lowest BCUT2D eigenvalue weighted by molar-refractivity contribution is 0.343. The summed E-state index contributed by atoms with van der Waals surface area (Å²) < 4.78 is 0. The third-order valence-corrected chi connectivity index (χ3v) is 0.531. The second kappa shape index (κ2) is 6.17. The number of nitrogens with zero attached hydrogens (tertiary/aromatic N) is 1. The maximum Gasteiger partial charge on any atom is 0.0616 e. The summed E-state index contributed by atoms with van der Waals surface area (Å²) in [5.41, 5.74) is 2.56. The van der Waals surface area contributed by atoms with E-state index in [2.05, 4.69) is 10.5 Å². The molecular formula is C5H10N2O. The van der Waals surface area contributed by atoms with E-state index in [1.54, 1.807) is 25.4 Å². The Kier molecular flexibility index (Phi) is 5.53. The number of nitrogens with one attached hydrogen (secondary N) is 1. The molecule has 0 heterocycles. The Hall–Kier alpha value is -0.830. The lowest BCUT2D eigenvalue weighted by Gasteiger charge is -1.79. The second-order valence-corrected chi connectivity index (χ2v) is 1.11. The van der Waals surface area contributed by atoms with Crippen LogP contribution in [0.25, 0.3) is 0 Å². The molecule has 0 aromatic rings. The largest absolute Gasteiger partial charge is 0.392 e. The van der Waals surface area contributed by atoms with Crippen LogP contribution in [0.15, 0.2) is 17.3 Å². The topological polar surface area (TPSA) is 44.6 Å². The third kappa shape index (κ3) is 5.17. The Balaban J connectivity index is 3.13. The van der Waals surface area contributed by atoms with Gasteiger partial charge in [0.15, 0.2) is 0 Å². The predicted molar refractivity (Wildman–Crippen MR) is 33.8 cm³/mol. The predicted octanol–water partition coefficient (Wildman–Crippen LogP) is -0.260. The molecule has 0 atom stereocenters. The van der Waals surface area contributed by atoms with Crippen molar-refractivity contribution >= 4 is 6.21 Å². The van der Waals surface area contributed by atoms with Gasteiger partial charge in [0.05, 0.1) is 6.61 Å². The molecule has 0 spiro atoms. The zero-order valence-corrected chi connectivity index (χ0v) is 4.83. The van der Waals surface area contributed by atoms with Crippen LogP contribution in [-0.4, -0.2) is 25.0 Å². The van der Waals surface area contributed by atoms with Gasteiger partial charge in [0, 0.05) is 13.3 Å². The van der Waals surface area contributed by atoms with Crippen LogP contribution < -0.4 is 5.43 Å². The molecule has 0 aromatic heterocycles. The molecule has 0 fully saturated rings. The van der Waals surface area contributed by atoms with Gasteiger partial charge in [0.2, 0.25) is 0 Å². The highest BCUT2D eigenvalue weighted by molar-refractivity contribution is 5.70. The molecule has 2 N–H and O–H groups in total. The summed E-state index contributed by atoms with van der Waals surface area (Å²) in [4.78, 5) is 0. The Morgan fingerprint density at radius 2 is 2.50 bits per heavy atom. The first-order valence-corrected chi connectivity index (χ1v) is 2.37. The molecule has 0 saturated carbocycles. The highest BCUT2D eigenvalue weighted by Gasteiger charge is 1.61. The van der Waals surface area contributed by atoms with Crippen molar-refractivity contribution in [3.8, 4) is 0 Å². The number of aliphatic hydroxyl groups excluding tert-OH is 1. The Bertz CT molecular complexity index is 76.4. The molecule has 8 heavy (non-hydrogen) atoms. The van der Waals surface area contributed by atoms with Crippen LogP contribution in [0.4, 0.5) is 0 Å². The molecule has 0 saturated heterocycles. The van der Waals surface area contributed by atoms with Crippen molar-refractivity contribution in [2.75, 3.05) is 13.7 Å². The van der Waals surface area contributed by atoms with Crippen LogP contribution in [0.2, 0.25) is 0 Å². The normalized spacial score (nSPS) is 11.2. The minimum absolute atomic E-state index is 0.0652. The average Bonchev–Trinajstić information content (AvgIpc) is 1.81. The minimum Gasteiger partial charge on any atom is -0.392 e. The van der Waals surface area contributed by atoms with Gasteiger partial charge in [-0.05, 0) is 6.08 Å². The van der Waals surface area contributed by atoms with Crippen LogP contribution in [0.5, 0.6) is 0 Å². The first-order valence-electron chi connectivity index (χ1n) is 2.37. The summed E-state index contributed by atoms with van der Waals surface area (Å²) in [7, 11) is 1.71. The van der Waals surface area contributed by atoms with Gasteiger partial charge in [0.25, 0.3) is 0 Å². The maximum atomic E-state index is 8.20. The molecule has 0 rings (SSSR count). The fourth-order valence-corrected chi connectivity index (χ4v) is 0.239. The molecular weight excluding hydrogens is 104 g/mol. The van der Waals surface area contributed by atoms with Gasteiger partial charge in [-0.1, -0.05) is 6.08 Å². The fourth-order valence-electron chi connectivity index (χ4n) is 0.239.